The van der Waals surface area contributed by atoms with Crippen LogP contribution in [0, 0.1) is 13.8 Å². The van der Waals surface area contributed by atoms with E-state index in [1.54, 1.807) is 0 Å². The highest BCUT2D eigenvalue weighted by atomic mass is 16.5. The van der Waals surface area contributed by atoms with E-state index >= 15 is 0 Å². The zero-order chi connectivity index (χ0) is 14.3. The molecule has 1 aromatic heterocycles. The number of nitrogens with zero attached hydrogens (tertiary/aromatic N) is 1. The van der Waals surface area contributed by atoms with Crippen molar-refractivity contribution in [2.24, 2.45) is 0 Å². The number of urea groups is 1. The van der Waals surface area contributed by atoms with E-state index in [1.165, 1.54) is 0 Å². The minimum Gasteiger partial charge on any atom is -0.391 e. The maximum absolute atomic E-state index is 11.5. The predicted octanol–water partition coefficient (Wildman–Crippen LogP) is 1.29. The first-order valence-corrected chi connectivity index (χ1v) is 6.66. The molecule has 1 atom stereocenters. The Bertz CT molecular complexity index is 384. The molecule has 0 bridgehead atoms. The number of aryl methyl sites for hydroxylation is 2. The predicted molar refractivity (Wildman–Crippen MR) is 72.0 cm³/mol. The summed E-state index contributed by atoms with van der Waals surface area (Å²) in [5.41, 5.74) is 1.89. The lowest BCUT2D eigenvalue weighted by Crippen LogP contribution is -2.40. The van der Waals surface area contributed by atoms with Gasteiger partial charge in [0.15, 0.2) is 0 Å². The number of aliphatic hydroxyl groups excluding tert-OH is 1. The van der Waals surface area contributed by atoms with Crippen molar-refractivity contribution < 1.29 is 14.4 Å². The molecule has 6 nitrogen and oxygen atoms in total. The molecular weight excluding hydrogens is 246 g/mol. The molecule has 19 heavy (non-hydrogen) atoms. The summed E-state index contributed by atoms with van der Waals surface area (Å²) in [6.07, 6.45) is 1.81. The molecule has 0 radical (unpaired) electrons. The van der Waals surface area contributed by atoms with E-state index < -0.39 is 6.10 Å². The summed E-state index contributed by atoms with van der Waals surface area (Å²) >= 11 is 0. The van der Waals surface area contributed by atoms with Crippen LogP contribution in [0.15, 0.2) is 4.52 Å². The van der Waals surface area contributed by atoms with Gasteiger partial charge in [-0.2, -0.15) is 0 Å². The van der Waals surface area contributed by atoms with Gasteiger partial charge in [-0.25, -0.2) is 4.79 Å². The molecule has 1 aromatic rings. The van der Waals surface area contributed by atoms with Crippen molar-refractivity contribution >= 4 is 6.03 Å². The first-order chi connectivity index (χ1) is 9.04. The molecule has 0 aliphatic rings. The first kappa shape index (κ1) is 15.5. The lowest BCUT2D eigenvalue weighted by atomic mass is 10.1. The Morgan fingerprint density at radius 1 is 1.42 bits per heavy atom. The van der Waals surface area contributed by atoms with Crippen molar-refractivity contribution in [1.29, 1.82) is 0 Å². The van der Waals surface area contributed by atoms with Gasteiger partial charge in [0, 0.05) is 18.7 Å². The highest BCUT2D eigenvalue weighted by molar-refractivity contribution is 5.73. The molecule has 0 fully saturated rings. The smallest absolute Gasteiger partial charge is 0.314 e. The largest absolute Gasteiger partial charge is 0.391 e. The minimum atomic E-state index is -0.474. The second kappa shape index (κ2) is 7.78. The van der Waals surface area contributed by atoms with Gasteiger partial charge in [-0.15, -0.1) is 0 Å². The highest BCUT2D eigenvalue weighted by Gasteiger charge is 2.09. The van der Waals surface area contributed by atoms with Crippen LogP contribution in [0.3, 0.4) is 0 Å². The third-order valence-corrected chi connectivity index (χ3v) is 2.96. The van der Waals surface area contributed by atoms with Gasteiger partial charge < -0.3 is 20.3 Å². The van der Waals surface area contributed by atoms with Crippen molar-refractivity contribution in [1.82, 2.24) is 15.8 Å². The number of carbonyl (C=O) groups excluding carboxylic acids is 1. The van der Waals surface area contributed by atoms with E-state index in [2.05, 4.69) is 15.8 Å². The Hall–Kier alpha value is -1.56. The minimum absolute atomic E-state index is 0.262. The number of aliphatic hydroxyl groups is 1. The highest BCUT2D eigenvalue weighted by Crippen LogP contribution is 2.11. The zero-order valence-electron chi connectivity index (χ0n) is 11.8. The number of nitrogens with one attached hydrogen (secondary N) is 2. The Morgan fingerprint density at radius 2 is 2.16 bits per heavy atom. The third-order valence-electron chi connectivity index (χ3n) is 2.96. The van der Waals surface area contributed by atoms with Gasteiger partial charge in [0.1, 0.15) is 5.76 Å². The number of aromatic nitrogens is 1. The molecule has 0 saturated heterocycles. The molecular formula is C13H23N3O3. The third kappa shape index (κ3) is 5.30. The summed E-state index contributed by atoms with van der Waals surface area (Å²) in [6.45, 7) is 6.53. The van der Waals surface area contributed by atoms with E-state index in [0.29, 0.717) is 19.4 Å². The quantitative estimate of drug-likeness (QED) is 0.696. The average Bonchev–Trinajstić information content (AvgIpc) is 2.68. The Balaban J connectivity index is 2.21. The van der Waals surface area contributed by atoms with Crippen LogP contribution in [-0.2, 0) is 6.42 Å². The van der Waals surface area contributed by atoms with Crippen LogP contribution in [-0.4, -0.2) is 35.5 Å². The summed E-state index contributed by atoms with van der Waals surface area (Å²) in [6, 6.07) is -0.262. The molecule has 1 unspecified atom stereocenters. The lowest BCUT2D eigenvalue weighted by Gasteiger charge is -2.11. The van der Waals surface area contributed by atoms with Crippen molar-refractivity contribution in [3.63, 3.8) is 0 Å². The van der Waals surface area contributed by atoms with E-state index in [-0.39, 0.29) is 12.6 Å². The van der Waals surface area contributed by atoms with Crippen LogP contribution in [0.1, 0.15) is 36.8 Å². The van der Waals surface area contributed by atoms with Gasteiger partial charge in [-0.05, 0) is 26.7 Å². The topological polar surface area (TPSA) is 87.4 Å². The van der Waals surface area contributed by atoms with E-state index in [0.717, 1.165) is 23.4 Å². The molecule has 0 aliphatic carbocycles. The molecule has 0 saturated carbocycles. The van der Waals surface area contributed by atoms with Crippen molar-refractivity contribution in [2.75, 3.05) is 13.1 Å². The maximum atomic E-state index is 11.5. The van der Waals surface area contributed by atoms with Crippen LogP contribution in [0.5, 0.6) is 0 Å². The molecule has 3 N–H and O–H groups in total. The lowest BCUT2D eigenvalue weighted by molar-refractivity contribution is 0.160. The molecule has 108 valence electrons. The number of hydrogen-bond acceptors (Lipinski definition) is 4. The van der Waals surface area contributed by atoms with Crippen molar-refractivity contribution in [3.8, 4) is 0 Å². The number of carbonyl (C=O) groups is 1. The standard InChI is InChI=1S/C13H23N3O3/c1-4-5-11(17)8-15-13(18)14-7-6-12-9(2)16-19-10(12)3/h11,17H,4-8H2,1-3H3,(H2,14,15,18). The summed E-state index contributed by atoms with van der Waals surface area (Å²) in [7, 11) is 0. The summed E-state index contributed by atoms with van der Waals surface area (Å²) in [5.74, 6) is 0.790. The fourth-order valence-corrected chi connectivity index (χ4v) is 1.87. The molecule has 1 heterocycles. The fraction of sp³-hybridized carbons (Fsp3) is 0.692. The number of amides is 2. The second-order valence-electron chi connectivity index (χ2n) is 4.63. The van der Waals surface area contributed by atoms with Gasteiger partial charge >= 0.3 is 6.03 Å². The summed E-state index contributed by atoms with van der Waals surface area (Å²) < 4.78 is 5.05. The normalized spacial score (nSPS) is 12.2. The Morgan fingerprint density at radius 3 is 2.74 bits per heavy atom. The monoisotopic (exact) mass is 269 g/mol. The molecule has 1 rings (SSSR count). The van der Waals surface area contributed by atoms with Crippen molar-refractivity contribution in [3.05, 3.63) is 17.0 Å². The van der Waals surface area contributed by atoms with E-state index in [9.17, 15) is 9.90 Å². The maximum Gasteiger partial charge on any atom is 0.314 e. The van der Waals surface area contributed by atoms with Crippen LogP contribution in [0.2, 0.25) is 0 Å². The van der Waals surface area contributed by atoms with Gasteiger partial charge in [-0.1, -0.05) is 18.5 Å². The molecule has 0 spiro atoms. The van der Waals surface area contributed by atoms with Crippen LogP contribution in [0.4, 0.5) is 4.79 Å². The number of rotatable bonds is 7. The van der Waals surface area contributed by atoms with Gasteiger partial charge in [0.2, 0.25) is 0 Å². The SMILES string of the molecule is CCCC(O)CNC(=O)NCCc1c(C)noc1C. The zero-order valence-corrected chi connectivity index (χ0v) is 11.8. The Labute approximate surface area is 113 Å². The molecule has 0 aliphatic heterocycles. The first-order valence-electron chi connectivity index (χ1n) is 6.66. The summed E-state index contributed by atoms with van der Waals surface area (Å²) in [4.78, 5) is 11.5. The molecule has 6 heteroatoms. The molecule has 0 aromatic carbocycles. The number of hydrogen-bond donors (Lipinski definition) is 3. The van der Waals surface area contributed by atoms with Gasteiger partial charge in [0.05, 0.1) is 11.8 Å². The fourth-order valence-electron chi connectivity index (χ4n) is 1.87. The van der Waals surface area contributed by atoms with E-state index in [1.807, 2.05) is 20.8 Å². The average molecular weight is 269 g/mol. The van der Waals surface area contributed by atoms with Crippen molar-refractivity contribution in [2.45, 2.75) is 46.1 Å². The Kier molecular flexibility index (Phi) is 6.35. The van der Waals surface area contributed by atoms with Crippen LogP contribution < -0.4 is 10.6 Å². The van der Waals surface area contributed by atoms with Gasteiger partial charge in [-0.3, -0.25) is 0 Å². The second-order valence-corrected chi connectivity index (χ2v) is 4.63. The molecule has 2 amide bonds. The van der Waals surface area contributed by atoms with Gasteiger partial charge in [0.25, 0.3) is 0 Å². The van der Waals surface area contributed by atoms with Crippen LogP contribution in [0.25, 0.3) is 0 Å². The summed E-state index contributed by atoms with van der Waals surface area (Å²) in [5, 5.41) is 18.7. The van der Waals surface area contributed by atoms with Crippen LogP contribution >= 0.6 is 0 Å². The van der Waals surface area contributed by atoms with E-state index in [4.69, 9.17) is 4.52 Å².